The molecule has 1 atom stereocenters. The van der Waals surface area contributed by atoms with Gasteiger partial charge >= 0.3 is 0 Å². The van der Waals surface area contributed by atoms with Crippen molar-refractivity contribution in [1.82, 2.24) is 5.43 Å². The van der Waals surface area contributed by atoms with Crippen LogP contribution >= 0.6 is 27.5 Å². The topological polar surface area (TPSA) is 38.0 Å². The van der Waals surface area contributed by atoms with Crippen molar-refractivity contribution in [2.24, 2.45) is 5.84 Å². The molecule has 0 radical (unpaired) electrons. The van der Waals surface area contributed by atoms with Gasteiger partial charge in [-0.3, -0.25) is 5.84 Å². The molecule has 3 N–H and O–H groups in total. The zero-order chi connectivity index (χ0) is 14.5. The zero-order valence-electron chi connectivity index (χ0n) is 11.4. The van der Waals surface area contributed by atoms with Gasteiger partial charge in [-0.1, -0.05) is 65.1 Å². The Morgan fingerprint density at radius 3 is 2.75 bits per heavy atom. The zero-order valence-corrected chi connectivity index (χ0v) is 13.7. The molecule has 106 valence electrons. The number of nitrogens with one attached hydrogen (secondary N) is 1. The minimum atomic E-state index is -0.114. The largest absolute Gasteiger partial charge is 0.271 e. The van der Waals surface area contributed by atoms with Crippen molar-refractivity contribution in [3.8, 4) is 0 Å². The van der Waals surface area contributed by atoms with Crippen LogP contribution in [0.25, 0.3) is 0 Å². The van der Waals surface area contributed by atoms with Crippen LogP contribution < -0.4 is 11.3 Å². The lowest BCUT2D eigenvalue weighted by molar-refractivity contribution is 0.636. The van der Waals surface area contributed by atoms with Gasteiger partial charge in [0.25, 0.3) is 0 Å². The molecule has 0 bridgehead atoms. The highest BCUT2D eigenvalue weighted by Gasteiger charge is 2.16. The molecular weight excluding hydrogens is 336 g/mol. The maximum Gasteiger partial charge on any atom is 0.0725 e. The Hall–Kier alpha value is -0.870. The minimum absolute atomic E-state index is 0.114. The molecule has 4 heteroatoms. The van der Waals surface area contributed by atoms with Gasteiger partial charge in [0.1, 0.15) is 0 Å². The molecule has 0 aromatic heterocycles. The number of rotatable bonds is 5. The lowest BCUT2D eigenvalue weighted by Crippen LogP contribution is -2.29. The van der Waals surface area contributed by atoms with E-state index in [4.69, 9.17) is 17.4 Å². The standard InChI is InChI=1S/C16H18BrClN2/c1-2-4-11-5-3-6-12(9-11)16(20-19)14-10-13(17)7-8-15(14)18/h3,5-10,16,20H,2,4,19H2,1H3. The molecule has 2 aromatic carbocycles. The number of hydrazine groups is 1. The summed E-state index contributed by atoms with van der Waals surface area (Å²) in [7, 11) is 0. The van der Waals surface area contributed by atoms with Gasteiger partial charge in [-0.25, -0.2) is 5.43 Å². The van der Waals surface area contributed by atoms with Crippen LogP contribution in [0.1, 0.15) is 36.1 Å². The van der Waals surface area contributed by atoms with Gasteiger partial charge < -0.3 is 0 Å². The molecule has 2 nitrogen and oxygen atoms in total. The molecule has 2 aromatic rings. The first kappa shape index (κ1) is 15.5. The highest BCUT2D eigenvalue weighted by molar-refractivity contribution is 9.10. The third-order valence-electron chi connectivity index (χ3n) is 3.26. The monoisotopic (exact) mass is 352 g/mol. The van der Waals surface area contributed by atoms with Gasteiger partial charge in [0.2, 0.25) is 0 Å². The fourth-order valence-electron chi connectivity index (χ4n) is 2.32. The third kappa shape index (κ3) is 3.61. The van der Waals surface area contributed by atoms with Crippen molar-refractivity contribution in [2.45, 2.75) is 25.8 Å². The van der Waals surface area contributed by atoms with E-state index in [1.807, 2.05) is 18.2 Å². The summed E-state index contributed by atoms with van der Waals surface area (Å²) >= 11 is 9.78. The predicted molar refractivity (Wildman–Crippen MR) is 88.8 cm³/mol. The molecule has 0 aliphatic rings. The third-order valence-corrected chi connectivity index (χ3v) is 4.10. The highest BCUT2D eigenvalue weighted by atomic mass is 79.9. The summed E-state index contributed by atoms with van der Waals surface area (Å²) < 4.78 is 0.988. The van der Waals surface area contributed by atoms with Crippen LogP contribution in [0, 0.1) is 0 Å². The van der Waals surface area contributed by atoms with Gasteiger partial charge in [-0.15, -0.1) is 0 Å². The smallest absolute Gasteiger partial charge is 0.0725 e. The van der Waals surface area contributed by atoms with E-state index in [1.165, 1.54) is 5.56 Å². The minimum Gasteiger partial charge on any atom is -0.271 e. The first-order valence-corrected chi connectivity index (χ1v) is 7.82. The van der Waals surface area contributed by atoms with Crippen LogP contribution in [0.5, 0.6) is 0 Å². The molecule has 0 spiro atoms. The molecule has 20 heavy (non-hydrogen) atoms. The molecule has 0 amide bonds. The molecule has 0 aliphatic carbocycles. The summed E-state index contributed by atoms with van der Waals surface area (Å²) in [6.07, 6.45) is 2.19. The Bertz CT molecular complexity index is 586. The SMILES string of the molecule is CCCc1cccc(C(NN)c2cc(Br)ccc2Cl)c1. The number of hydrogen-bond donors (Lipinski definition) is 2. The molecule has 2 rings (SSSR count). The van der Waals surface area contributed by atoms with Crippen molar-refractivity contribution in [1.29, 1.82) is 0 Å². The second kappa shape index (κ2) is 7.23. The highest BCUT2D eigenvalue weighted by Crippen LogP contribution is 2.30. The van der Waals surface area contributed by atoms with E-state index >= 15 is 0 Å². The second-order valence-electron chi connectivity index (χ2n) is 4.76. The lowest BCUT2D eigenvalue weighted by atomic mass is 9.96. The number of halogens is 2. The molecule has 0 aliphatic heterocycles. The van der Waals surface area contributed by atoms with Gasteiger partial charge in [0, 0.05) is 9.50 Å². The van der Waals surface area contributed by atoms with E-state index in [1.54, 1.807) is 0 Å². The van der Waals surface area contributed by atoms with Crippen LogP contribution in [0.4, 0.5) is 0 Å². The van der Waals surface area contributed by atoms with Crippen LogP contribution in [0.2, 0.25) is 5.02 Å². The Kier molecular flexibility index (Phi) is 5.61. The van der Waals surface area contributed by atoms with Crippen LogP contribution in [0.3, 0.4) is 0 Å². The van der Waals surface area contributed by atoms with Crippen LogP contribution in [0.15, 0.2) is 46.9 Å². The first-order valence-electron chi connectivity index (χ1n) is 6.65. The average molecular weight is 354 g/mol. The fraction of sp³-hybridized carbons (Fsp3) is 0.250. The van der Waals surface area contributed by atoms with Crippen molar-refractivity contribution < 1.29 is 0 Å². The molecule has 1 unspecified atom stereocenters. The van der Waals surface area contributed by atoms with E-state index in [2.05, 4.69) is 52.5 Å². The van der Waals surface area contributed by atoms with E-state index < -0.39 is 0 Å². The number of aryl methyl sites for hydroxylation is 1. The molecular formula is C16H18BrClN2. The molecule has 0 fully saturated rings. The lowest BCUT2D eigenvalue weighted by Gasteiger charge is -2.19. The second-order valence-corrected chi connectivity index (χ2v) is 6.08. The van der Waals surface area contributed by atoms with E-state index in [0.29, 0.717) is 5.02 Å². The summed E-state index contributed by atoms with van der Waals surface area (Å²) in [5, 5.41) is 0.706. The normalized spacial score (nSPS) is 12.4. The summed E-state index contributed by atoms with van der Waals surface area (Å²) in [6.45, 7) is 2.18. The molecule has 0 saturated heterocycles. The average Bonchev–Trinajstić information content (AvgIpc) is 2.44. The summed E-state index contributed by atoms with van der Waals surface area (Å²) in [6, 6.07) is 14.1. The number of hydrogen-bond acceptors (Lipinski definition) is 2. The predicted octanol–water partition coefficient (Wildman–Crippen LogP) is 4.61. The number of nitrogens with two attached hydrogens (primary N) is 1. The van der Waals surface area contributed by atoms with Crippen molar-refractivity contribution in [2.75, 3.05) is 0 Å². The van der Waals surface area contributed by atoms with Gasteiger partial charge in [-0.05, 0) is 41.3 Å². The summed E-state index contributed by atoms with van der Waals surface area (Å²) in [5.41, 5.74) is 6.28. The van der Waals surface area contributed by atoms with E-state index in [-0.39, 0.29) is 6.04 Å². The Morgan fingerprint density at radius 1 is 1.25 bits per heavy atom. The Morgan fingerprint density at radius 2 is 2.05 bits per heavy atom. The van der Waals surface area contributed by atoms with E-state index in [0.717, 1.165) is 28.4 Å². The summed E-state index contributed by atoms with van der Waals surface area (Å²) in [4.78, 5) is 0. The van der Waals surface area contributed by atoms with Crippen LogP contribution in [-0.2, 0) is 6.42 Å². The molecule has 0 heterocycles. The van der Waals surface area contributed by atoms with Crippen LogP contribution in [-0.4, -0.2) is 0 Å². The quantitative estimate of drug-likeness (QED) is 0.608. The fourth-order valence-corrected chi connectivity index (χ4v) is 2.92. The Labute approximate surface area is 133 Å². The van der Waals surface area contributed by atoms with Crippen molar-refractivity contribution >= 4 is 27.5 Å². The maximum absolute atomic E-state index is 6.30. The molecule has 0 saturated carbocycles. The van der Waals surface area contributed by atoms with Crippen molar-refractivity contribution in [3.63, 3.8) is 0 Å². The van der Waals surface area contributed by atoms with Gasteiger partial charge in [-0.2, -0.15) is 0 Å². The number of benzene rings is 2. The first-order chi connectivity index (χ1) is 9.65. The van der Waals surface area contributed by atoms with E-state index in [9.17, 15) is 0 Å². The van der Waals surface area contributed by atoms with Gasteiger partial charge in [0.15, 0.2) is 0 Å². The Balaban J connectivity index is 2.41. The maximum atomic E-state index is 6.30. The summed E-state index contributed by atoms with van der Waals surface area (Å²) in [5.74, 6) is 5.76. The van der Waals surface area contributed by atoms with Crippen molar-refractivity contribution in [3.05, 3.63) is 68.7 Å². The van der Waals surface area contributed by atoms with Gasteiger partial charge in [0.05, 0.1) is 6.04 Å².